The van der Waals surface area contributed by atoms with Gasteiger partial charge in [-0.3, -0.25) is 4.99 Å². The van der Waals surface area contributed by atoms with Gasteiger partial charge in [-0.15, -0.1) is 0 Å². The maximum absolute atomic E-state index is 14.9. The zero-order valence-corrected chi connectivity index (χ0v) is 16.0. The summed E-state index contributed by atoms with van der Waals surface area (Å²) in [4.78, 5) is 16.2. The maximum atomic E-state index is 14.9. The van der Waals surface area contributed by atoms with Crippen molar-refractivity contribution < 1.29 is 27.1 Å². The van der Waals surface area contributed by atoms with E-state index < -0.39 is 40.4 Å². The molecule has 0 amide bonds. The van der Waals surface area contributed by atoms with E-state index in [0.717, 1.165) is 0 Å². The Morgan fingerprint density at radius 1 is 0.933 bits per heavy atom. The molecule has 0 saturated heterocycles. The number of fused-ring (bicyclic) bond motifs is 1. The van der Waals surface area contributed by atoms with Gasteiger partial charge in [-0.2, -0.15) is 0 Å². The highest BCUT2D eigenvalue weighted by atomic mass is 19.2. The van der Waals surface area contributed by atoms with Crippen molar-refractivity contribution in [3.05, 3.63) is 88.0 Å². The molecule has 3 nitrogen and oxygen atoms in total. The fourth-order valence-corrected chi connectivity index (χ4v) is 3.61. The summed E-state index contributed by atoms with van der Waals surface area (Å²) < 4.78 is 64.2. The van der Waals surface area contributed by atoms with Gasteiger partial charge in [-0.05, 0) is 35.7 Å². The Morgan fingerprint density at radius 2 is 1.53 bits per heavy atom. The fraction of sp³-hybridized carbons (Fsp3) is 0.130. The molecule has 152 valence electrons. The molecule has 4 rings (SSSR count). The first kappa shape index (κ1) is 19.8. The molecule has 0 saturated carbocycles. The average molecular weight is 413 g/mol. The van der Waals surface area contributed by atoms with E-state index in [4.69, 9.17) is 4.74 Å². The van der Waals surface area contributed by atoms with Gasteiger partial charge < -0.3 is 4.74 Å². The molecular formula is C23H15F4NO2. The van der Waals surface area contributed by atoms with Crippen LogP contribution in [0.4, 0.5) is 23.2 Å². The number of hydrogen-bond acceptors (Lipinski definition) is 3. The van der Waals surface area contributed by atoms with Gasteiger partial charge in [-0.1, -0.05) is 30.3 Å². The first-order valence-electron chi connectivity index (χ1n) is 9.04. The number of ether oxygens (including phenoxy) is 1. The average Bonchev–Trinajstić information content (AvgIpc) is 3.15. The minimum Gasteiger partial charge on any atom is -0.465 e. The van der Waals surface area contributed by atoms with Gasteiger partial charge in [0.1, 0.15) is 0 Å². The van der Waals surface area contributed by atoms with Crippen LogP contribution in [0.2, 0.25) is 0 Å². The Bertz CT molecular complexity index is 1190. The third-order valence-electron chi connectivity index (χ3n) is 4.99. The van der Waals surface area contributed by atoms with Crippen LogP contribution >= 0.6 is 0 Å². The zero-order chi connectivity index (χ0) is 21.6. The lowest BCUT2D eigenvalue weighted by atomic mass is 9.95. The molecule has 0 unspecified atom stereocenters. The molecular weight excluding hydrogens is 398 g/mol. The zero-order valence-electron chi connectivity index (χ0n) is 16.0. The molecule has 0 spiro atoms. The van der Waals surface area contributed by atoms with E-state index in [-0.39, 0.29) is 23.3 Å². The second-order valence-corrected chi connectivity index (χ2v) is 6.91. The van der Waals surface area contributed by atoms with Crippen LogP contribution < -0.4 is 0 Å². The number of aryl methyl sites for hydroxylation is 1. The van der Waals surface area contributed by atoms with Crippen LogP contribution in [0.3, 0.4) is 0 Å². The number of rotatable bonds is 3. The van der Waals surface area contributed by atoms with Gasteiger partial charge in [0, 0.05) is 6.42 Å². The van der Waals surface area contributed by atoms with Crippen molar-refractivity contribution in [2.45, 2.75) is 13.3 Å². The topological polar surface area (TPSA) is 38.7 Å². The van der Waals surface area contributed by atoms with Crippen LogP contribution in [0.5, 0.6) is 0 Å². The summed E-state index contributed by atoms with van der Waals surface area (Å²) in [6.45, 7) is 1.72. The number of carbonyl (C=O) groups is 1. The SMILES string of the molecule is COC(=O)c1cc(C)cc2c1CC(c1c(F)c(F)c(-c3ccccc3)c(F)c1F)=N2. The Balaban J connectivity index is 1.87. The Hall–Kier alpha value is -3.48. The second-order valence-electron chi connectivity index (χ2n) is 6.91. The molecule has 0 aliphatic carbocycles. The lowest BCUT2D eigenvalue weighted by molar-refractivity contribution is 0.0599. The van der Waals surface area contributed by atoms with Gasteiger partial charge in [0.05, 0.1) is 35.2 Å². The van der Waals surface area contributed by atoms with Gasteiger partial charge in [0.2, 0.25) is 0 Å². The number of methoxy groups -OCH3 is 1. The first-order chi connectivity index (χ1) is 14.3. The number of halogens is 4. The van der Waals surface area contributed by atoms with E-state index in [0.29, 0.717) is 16.8 Å². The van der Waals surface area contributed by atoms with Crippen molar-refractivity contribution in [2.24, 2.45) is 4.99 Å². The maximum Gasteiger partial charge on any atom is 0.338 e. The van der Waals surface area contributed by atoms with Crippen molar-refractivity contribution in [1.29, 1.82) is 0 Å². The quantitative estimate of drug-likeness (QED) is 0.315. The normalized spacial score (nSPS) is 12.5. The Morgan fingerprint density at radius 3 is 2.13 bits per heavy atom. The molecule has 0 bridgehead atoms. The smallest absolute Gasteiger partial charge is 0.338 e. The number of carbonyl (C=O) groups excluding carboxylic acids is 1. The summed E-state index contributed by atoms with van der Waals surface area (Å²) >= 11 is 0. The van der Waals surface area contributed by atoms with Gasteiger partial charge in [0.15, 0.2) is 23.3 Å². The molecule has 0 atom stereocenters. The van der Waals surface area contributed by atoms with Crippen LogP contribution in [0.25, 0.3) is 11.1 Å². The van der Waals surface area contributed by atoms with E-state index in [1.807, 2.05) is 0 Å². The Labute approximate surface area is 169 Å². The van der Waals surface area contributed by atoms with Gasteiger partial charge in [-0.25, -0.2) is 22.4 Å². The number of esters is 1. The fourth-order valence-electron chi connectivity index (χ4n) is 3.61. The summed E-state index contributed by atoms with van der Waals surface area (Å²) in [6, 6.07) is 10.5. The van der Waals surface area contributed by atoms with Crippen molar-refractivity contribution in [3.8, 4) is 11.1 Å². The predicted octanol–water partition coefficient (Wildman–Crippen LogP) is 5.68. The van der Waals surface area contributed by atoms with Gasteiger partial charge in [0.25, 0.3) is 0 Å². The van der Waals surface area contributed by atoms with Crippen molar-refractivity contribution in [1.82, 2.24) is 0 Å². The minimum absolute atomic E-state index is 0.0112. The molecule has 0 fully saturated rings. The Kier molecular flexibility index (Phi) is 4.89. The highest BCUT2D eigenvalue weighted by molar-refractivity contribution is 6.09. The summed E-state index contributed by atoms with van der Waals surface area (Å²) in [5.41, 5.74) is -0.298. The predicted molar refractivity (Wildman–Crippen MR) is 104 cm³/mol. The minimum atomic E-state index is -1.53. The largest absolute Gasteiger partial charge is 0.465 e. The van der Waals surface area contributed by atoms with Crippen molar-refractivity contribution in [3.63, 3.8) is 0 Å². The number of nitrogens with zero attached hydrogens (tertiary/aromatic N) is 1. The second kappa shape index (κ2) is 7.40. The van der Waals surface area contributed by atoms with E-state index in [2.05, 4.69) is 4.99 Å². The monoisotopic (exact) mass is 413 g/mol. The third kappa shape index (κ3) is 3.07. The molecule has 0 N–H and O–H groups in total. The molecule has 7 heteroatoms. The van der Waals surface area contributed by atoms with Gasteiger partial charge >= 0.3 is 5.97 Å². The van der Waals surface area contributed by atoms with E-state index in [9.17, 15) is 22.4 Å². The summed E-state index contributed by atoms with van der Waals surface area (Å²) in [7, 11) is 1.21. The highest BCUT2D eigenvalue weighted by Gasteiger charge is 2.32. The highest BCUT2D eigenvalue weighted by Crippen LogP contribution is 2.37. The lowest BCUT2D eigenvalue weighted by Crippen LogP contribution is -2.14. The summed E-state index contributed by atoms with van der Waals surface area (Å²) in [5.74, 6) is -6.70. The van der Waals surface area contributed by atoms with Crippen LogP contribution in [0, 0.1) is 30.2 Å². The number of aliphatic imine (C=N–C) groups is 1. The molecule has 1 heterocycles. The molecule has 30 heavy (non-hydrogen) atoms. The molecule has 0 aromatic heterocycles. The third-order valence-corrected chi connectivity index (χ3v) is 4.99. The van der Waals surface area contributed by atoms with Crippen LogP contribution in [-0.4, -0.2) is 18.8 Å². The standard InChI is InChI=1S/C23H15F4NO2/c1-11-8-14(23(29)30-2)13-10-16(28-15(13)9-11)18-21(26)19(24)17(20(25)22(18)27)12-6-4-3-5-7-12/h3-9H,10H2,1-2H3. The summed E-state index contributed by atoms with van der Waals surface area (Å²) in [5, 5.41) is 0. The van der Waals surface area contributed by atoms with Crippen molar-refractivity contribution >= 4 is 17.4 Å². The molecule has 1 aliphatic rings. The van der Waals surface area contributed by atoms with E-state index in [1.54, 1.807) is 25.1 Å². The molecule has 3 aromatic carbocycles. The first-order valence-corrected chi connectivity index (χ1v) is 9.04. The molecule has 0 radical (unpaired) electrons. The number of benzene rings is 3. The van der Waals surface area contributed by atoms with Crippen molar-refractivity contribution in [2.75, 3.05) is 7.11 Å². The van der Waals surface area contributed by atoms with E-state index >= 15 is 0 Å². The van der Waals surface area contributed by atoms with Crippen LogP contribution in [0.15, 0.2) is 47.5 Å². The lowest BCUT2D eigenvalue weighted by Gasteiger charge is -2.12. The molecule has 3 aromatic rings. The number of hydrogen-bond donors (Lipinski definition) is 0. The van der Waals surface area contributed by atoms with Crippen LogP contribution in [-0.2, 0) is 11.2 Å². The molecule has 1 aliphatic heterocycles. The summed E-state index contributed by atoms with van der Waals surface area (Å²) in [6.07, 6.45) is -0.169. The van der Waals surface area contributed by atoms with E-state index in [1.165, 1.54) is 31.4 Å². The van der Waals surface area contributed by atoms with Crippen LogP contribution in [0.1, 0.15) is 27.0 Å².